The van der Waals surface area contributed by atoms with E-state index >= 15 is 0 Å². The van der Waals surface area contributed by atoms with Gasteiger partial charge in [0.2, 0.25) is 0 Å². The second-order valence-electron chi connectivity index (χ2n) is 0.346. The molecule has 0 aromatic carbocycles. The van der Waals surface area contributed by atoms with Crippen LogP contribution in [0.1, 0.15) is 0 Å². The van der Waals surface area contributed by atoms with Crippen molar-refractivity contribution in [3.63, 3.8) is 0 Å². The van der Waals surface area contributed by atoms with Gasteiger partial charge >= 0.3 is 7.32 Å². The van der Waals surface area contributed by atoms with Gasteiger partial charge in [-0.1, -0.05) is 0 Å². The van der Waals surface area contributed by atoms with E-state index in [-0.39, 0.29) is 41.7 Å². The smallest absolute Gasteiger partial charge is 0.402 e. The first-order chi connectivity index (χ1) is 1.73. The molecule has 0 aliphatic heterocycles. The van der Waals surface area contributed by atoms with E-state index in [0.29, 0.717) is 0 Å². The van der Waals surface area contributed by atoms with Crippen LogP contribution in [0.25, 0.3) is 0 Å². The Morgan fingerprint density at radius 3 is 1.00 bits per heavy atom. The molecule has 0 aliphatic rings. The van der Waals surface area contributed by atoms with Gasteiger partial charge in [-0.15, -0.1) is 0 Å². The summed E-state index contributed by atoms with van der Waals surface area (Å²) in [4.78, 5) is 0. The molecule has 0 radical (unpaired) electrons. The Balaban J connectivity index is 0. The fourth-order valence-corrected chi connectivity index (χ4v) is 0. The van der Waals surface area contributed by atoms with Crippen molar-refractivity contribution in [2.24, 2.45) is 0 Å². The monoisotopic (exact) mass is 202 g/mol. The maximum absolute atomic E-state index is 7.17. The minimum Gasteiger partial charge on any atom is -0.402 e. The van der Waals surface area contributed by atoms with Crippen LogP contribution in [0.2, 0.25) is 0 Å². The Kier molecular flexibility index (Phi) is 10.2. The van der Waals surface area contributed by atoms with Crippen molar-refractivity contribution in [3.05, 3.63) is 0 Å². The van der Waals surface area contributed by atoms with Crippen LogP contribution in [-0.2, 0) is 0 Å². The molecule has 0 atom stereocenters. The van der Waals surface area contributed by atoms with Crippen molar-refractivity contribution in [1.29, 1.82) is 0 Å². The van der Waals surface area contributed by atoms with E-state index in [1.165, 1.54) is 0 Å². The van der Waals surface area contributed by atoms with Gasteiger partial charge in [0.15, 0.2) is 0 Å². The van der Waals surface area contributed by atoms with E-state index in [2.05, 4.69) is 0 Å². The predicted octanol–water partition coefficient (Wildman–Crippen LogP) is -2.05. The van der Waals surface area contributed by atoms with Gasteiger partial charge in [0.1, 0.15) is 0 Å². The molecule has 0 fully saturated rings. The van der Waals surface area contributed by atoms with Crippen LogP contribution in [0.5, 0.6) is 0 Å². The Bertz CT molecular complexity index is 11.6. The van der Waals surface area contributed by atoms with Crippen LogP contribution in [-0.4, -0.2) is 22.4 Å². The van der Waals surface area contributed by atoms with Gasteiger partial charge in [0.05, 0.1) is 0 Å². The molecule has 5 heteroatoms. The first-order valence-corrected chi connectivity index (χ1v) is 0.775. The van der Waals surface area contributed by atoms with Gasteiger partial charge in [0.25, 0.3) is 0 Å². The van der Waals surface area contributed by atoms with Gasteiger partial charge in [-0.3, -0.25) is 0 Å². The molecule has 0 saturated carbocycles. The minimum atomic E-state index is -2.17. The largest absolute Gasteiger partial charge is 0.631 e. The third-order valence-electron chi connectivity index (χ3n) is 0. The molecule has 3 N–H and O–H groups in total. The molecule has 0 unspecified atom stereocenters. The van der Waals surface area contributed by atoms with Crippen LogP contribution in [0.3, 0.4) is 0 Å². The molecular weight excluding hydrogens is 199 g/mol. The Hall–Kier alpha value is 1.32. The average molecular weight is 202 g/mol. The number of hydrogen-bond donors (Lipinski definition) is 3. The van der Waals surface area contributed by atoms with Crippen LogP contribution in [0.15, 0.2) is 0 Å². The van der Waals surface area contributed by atoms with E-state index in [9.17, 15) is 0 Å². The van der Waals surface area contributed by atoms with Crippen molar-refractivity contribution in [2.75, 3.05) is 0 Å². The first-order valence-electron chi connectivity index (χ1n) is 0.775. The summed E-state index contributed by atoms with van der Waals surface area (Å²) in [7, 11) is -2.17. The molecule has 3 nitrogen and oxygen atoms in total. The quantitative estimate of drug-likeness (QED) is 0.396. The maximum atomic E-state index is 7.17. The summed E-state index contributed by atoms with van der Waals surface area (Å²) in [5.41, 5.74) is 0. The van der Waals surface area contributed by atoms with Crippen LogP contribution in [0.4, 0.5) is 0 Å². The van der Waals surface area contributed by atoms with E-state index in [1.54, 1.807) is 0 Å². The van der Waals surface area contributed by atoms with E-state index in [1.807, 2.05) is 0 Å². The Morgan fingerprint density at radius 1 is 1.00 bits per heavy atom. The molecule has 0 heterocycles. The minimum absolute atomic E-state index is 0. The molecule has 0 spiro atoms. The van der Waals surface area contributed by atoms with Crippen molar-refractivity contribution in [3.8, 4) is 0 Å². The average Bonchev–Trinajstić information content (AvgIpc) is 0.811. The van der Waals surface area contributed by atoms with E-state index in [4.69, 9.17) is 15.1 Å². The third kappa shape index (κ3) is 33.6. The van der Waals surface area contributed by atoms with E-state index in [0.717, 1.165) is 0 Å². The zero-order valence-corrected chi connectivity index (χ0v) is 5.56. The summed E-state index contributed by atoms with van der Waals surface area (Å²) in [5, 5.41) is 21.5. The molecule has 0 amide bonds. The van der Waals surface area contributed by atoms with Crippen LogP contribution < -0.4 is 0 Å². The molecule has 5 heavy (non-hydrogen) atoms. The zero-order chi connectivity index (χ0) is 3.58. The zero-order valence-electron chi connectivity index (χ0n) is 2.42. The summed E-state index contributed by atoms with van der Waals surface area (Å²) in [5.74, 6) is 0. The van der Waals surface area contributed by atoms with Gasteiger partial charge in [-0.2, -0.15) is 0 Å². The molecule has 0 aromatic heterocycles. The molecular formula is H3BCeO3. The number of rotatable bonds is 0. The summed E-state index contributed by atoms with van der Waals surface area (Å²) < 4.78 is 0. The second-order valence-corrected chi connectivity index (χ2v) is 0.346. The van der Waals surface area contributed by atoms with Crippen molar-refractivity contribution < 1.29 is 56.8 Å². The normalized spacial score (nSPS) is 5.40. The summed E-state index contributed by atoms with van der Waals surface area (Å²) in [6, 6.07) is 0. The van der Waals surface area contributed by atoms with Gasteiger partial charge < -0.3 is 15.1 Å². The molecule has 0 aliphatic carbocycles. The van der Waals surface area contributed by atoms with Gasteiger partial charge in [-0.25, -0.2) is 0 Å². The molecule has 0 aromatic rings. The molecule has 0 rings (SSSR count). The van der Waals surface area contributed by atoms with Crippen LogP contribution >= 0.6 is 0 Å². The van der Waals surface area contributed by atoms with Crippen molar-refractivity contribution in [2.45, 2.75) is 0 Å². The topological polar surface area (TPSA) is 60.7 Å². The van der Waals surface area contributed by atoms with Crippen molar-refractivity contribution >= 4 is 7.32 Å². The first kappa shape index (κ1) is 9.59. The van der Waals surface area contributed by atoms with Gasteiger partial charge in [-0.05, 0) is 0 Å². The Labute approximate surface area is 63.6 Å². The van der Waals surface area contributed by atoms with Crippen molar-refractivity contribution in [1.82, 2.24) is 0 Å². The molecule has 28 valence electrons. The van der Waals surface area contributed by atoms with Crippen LogP contribution in [0, 0.1) is 41.7 Å². The summed E-state index contributed by atoms with van der Waals surface area (Å²) >= 11 is 0. The fraction of sp³-hybridized carbons (Fsp3) is 0. The molecule has 0 saturated heterocycles. The van der Waals surface area contributed by atoms with E-state index < -0.39 is 7.32 Å². The third-order valence-corrected chi connectivity index (χ3v) is 0. The standard InChI is InChI=1S/BH3O3.Ce/c2-1(3)4;/h2-4H;. The maximum Gasteiger partial charge on any atom is 0.631 e. The summed E-state index contributed by atoms with van der Waals surface area (Å²) in [6.45, 7) is 0. The number of hydrogen-bond acceptors (Lipinski definition) is 3. The van der Waals surface area contributed by atoms with Gasteiger partial charge in [0, 0.05) is 41.7 Å². The molecule has 0 bridgehead atoms. The SMILES string of the molecule is OB(O)O.[Ce]. The fourth-order valence-electron chi connectivity index (χ4n) is 0. The Morgan fingerprint density at radius 2 is 1.00 bits per heavy atom. The predicted molar refractivity (Wildman–Crippen MR) is 12.4 cm³/mol. The summed E-state index contributed by atoms with van der Waals surface area (Å²) in [6.07, 6.45) is 0. The second kappa shape index (κ2) is 5.32.